The lowest BCUT2D eigenvalue weighted by molar-refractivity contribution is -0.385. The maximum atomic E-state index is 10.9. The molecule has 0 saturated heterocycles. The molecule has 0 radical (unpaired) electrons. The first kappa shape index (κ1) is 12.8. The fourth-order valence-electron chi connectivity index (χ4n) is 1.62. The average Bonchev–Trinajstić information content (AvgIpc) is 2.32. The van der Waals surface area contributed by atoms with Crippen molar-refractivity contribution in [3.63, 3.8) is 0 Å². The van der Waals surface area contributed by atoms with Crippen molar-refractivity contribution >= 4 is 11.4 Å². The van der Waals surface area contributed by atoms with Gasteiger partial charge in [0.15, 0.2) is 0 Å². The lowest BCUT2D eigenvalue weighted by atomic mass is 10.2. The second kappa shape index (κ2) is 4.93. The van der Waals surface area contributed by atoms with E-state index >= 15 is 0 Å². The number of hydrogen-bond acceptors (Lipinski definition) is 5. The van der Waals surface area contributed by atoms with Gasteiger partial charge in [0, 0.05) is 12.3 Å². The lowest BCUT2D eigenvalue weighted by Crippen LogP contribution is -1.98. The third-order valence-electron chi connectivity index (χ3n) is 2.53. The van der Waals surface area contributed by atoms with Crippen molar-refractivity contribution < 1.29 is 9.66 Å². The molecule has 98 valence electrons. The van der Waals surface area contributed by atoms with Crippen molar-refractivity contribution in [2.45, 2.75) is 13.8 Å². The molecule has 6 nitrogen and oxygen atoms in total. The Kier molecular flexibility index (Phi) is 3.33. The van der Waals surface area contributed by atoms with E-state index in [4.69, 9.17) is 10.5 Å². The topological polar surface area (TPSA) is 91.3 Å². The Bertz CT molecular complexity index is 641. The summed E-state index contributed by atoms with van der Waals surface area (Å²) >= 11 is 0. The molecule has 0 saturated carbocycles. The lowest BCUT2D eigenvalue weighted by Gasteiger charge is -2.08. The van der Waals surface area contributed by atoms with Crippen LogP contribution in [0, 0.1) is 24.0 Å². The standard InChI is InChI=1S/C13H13N3O3/c1-8-3-4-11(16(17)18)12(6-8)19-13-10(14)5-9(2)7-15-13/h3-7H,14H2,1-2H3. The predicted octanol–water partition coefficient (Wildman–Crippen LogP) is 2.98. The smallest absolute Gasteiger partial charge is 0.311 e. The highest BCUT2D eigenvalue weighted by atomic mass is 16.6. The van der Waals surface area contributed by atoms with Crippen LogP contribution in [0.1, 0.15) is 11.1 Å². The summed E-state index contributed by atoms with van der Waals surface area (Å²) in [6, 6.07) is 6.33. The first-order chi connectivity index (χ1) is 8.97. The molecule has 1 aromatic heterocycles. The van der Waals surface area contributed by atoms with Gasteiger partial charge in [-0.2, -0.15) is 0 Å². The minimum atomic E-state index is -0.501. The van der Waals surface area contributed by atoms with Gasteiger partial charge in [0.2, 0.25) is 11.6 Å². The maximum absolute atomic E-state index is 10.9. The van der Waals surface area contributed by atoms with E-state index in [9.17, 15) is 10.1 Å². The molecule has 0 bridgehead atoms. The van der Waals surface area contributed by atoms with E-state index < -0.39 is 4.92 Å². The SMILES string of the molecule is Cc1cnc(Oc2cc(C)ccc2[N+](=O)[O-])c(N)c1. The van der Waals surface area contributed by atoms with Crippen LogP contribution in [0.15, 0.2) is 30.5 Å². The highest BCUT2D eigenvalue weighted by Crippen LogP contribution is 2.33. The number of aromatic nitrogens is 1. The van der Waals surface area contributed by atoms with Crippen LogP contribution in [0.4, 0.5) is 11.4 Å². The molecular weight excluding hydrogens is 246 g/mol. The van der Waals surface area contributed by atoms with E-state index in [0.29, 0.717) is 5.69 Å². The Morgan fingerprint density at radius 2 is 2.00 bits per heavy atom. The minimum absolute atomic E-state index is 0.118. The van der Waals surface area contributed by atoms with Crippen molar-refractivity contribution in [2.24, 2.45) is 0 Å². The molecule has 2 N–H and O–H groups in total. The van der Waals surface area contributed by atoms with Gasteiger partial charge in [0.1, 0.15) is 0 Å². The molecular formula is C13H13N3O3. The molecule has 0 unspecified atom stereocenters. The van der Waals surface area contributed by atoms with E-state index in [1.165, 1.54) is 6.07 Å². The number of hydrogen-bond donors (Lipinski definition) is 1. The van der Waals surface area contributed by atoms with Crippen LogP contribution in [0.5, 0.6) is 11.6 Å². The van der Waals surface area contributed by atoms with Crippen molar-refractivity contribution in [1.82, 2.24) is 4.98 Å². The summed E-state index contributed by atoms with van der Waals surface area (Å²) in [5.74, 6) is 0.298. The van der Waals surface area contributed by atoms with Crippen LogP contribution in [-0.2, 0) is 0 Å². The number of rotatable bonds is 3. The Hall–Kier alpha value is -2.63. The second-order valence-corrected chi connectivity index (χ2v) is 4.24. The Morgan fingerprint density at radius 1 is 1.26 bits per heavy atom. The van der Waals surface area contributed by atoms with Crippen LogP contribution in [0.3, 0.4) is 0 Å². The van der Waals surface area contributed by atoms with Gasteiger partial charge in [-0.1, -0.05) is 6.07 Å². The predicted molar refractivity (Wildman–Crippen MR) is 71.3 cm³/mol. The molecule has 0 fully saturated rings. The fraction of sp³-hybridized carbons (Fsp3) is 0.154. The summed E-state index contributed by atoms with van der Waals surface area (Å²) < 4.78 is 5.46. The number of aryl methyl sites for hydroxylation is 2. The zero-order valence-electron chi connectivity index (χ0n) is 10.6. The van der Waals surface area contributed by atoms with Crippen LogP contribution < -0.4 is 10.5 Å². The zero-order chi connectivity index (χ0) is 14.0. The molecule has 1 aromatic carbocycles. The number of nitro groups is 1. The molecule has 0 aliphatic heterocycles. The third-order valence-corrected chi connectivity index (χ3v) is 2.53. The number of anilines is 1. The molecule has 1 heterocycles. The van der Waals surface area contributed by atoms with Crippen molar-refractivity contribution in [3.05, 3.63) is 51.7 Å². The number of nitrogen functional groups attached to an aromatic ring is 1. The Labute approximate surface area is 110 Å². The van der Waals surface area contributed by atoms with Crippen LogP contribution >= 0.6 is 0 Å². The number of nitrogens with zero attached hydrogens (tertiary/aromatic N) is 2. The van der Waals surface area contributed by atoms with Crippen molar-refractivity contribution in [3.8, 4) is 11.6 Å². The maximum Gasteiger partial charge on any atom is 0.311 e. The first-order valence-electron chi connectivity index (χ1n) is 5.62. The molecule has 2 rings (SSSR count). The first-order valence-corrected chi connectivity index (χ1v) is 5.62. The molecule has 19 heavy (non-hydrogen) atoms. The molecule has 0 atom stereocenters. The molecule has 0 aliphatic carbocycles. The van der Waals surface area contributed by atoms with E-state index in [1.807, 2.05) is 13.8 Å². The van der Waals surface area contributed by atoms with Gasteiger partial charge in [-0.15, -0.1) is 0 Å². The highest BCUT2D eigenvalue weighted by Gasteiger charge is 2.17. The van der Waals surface area contributed by atoms with Gasteiger partial charge in [-0.25, -0.2) is 4.98 Å². The summed E-state index contributed by atoms with van der Waals surface area (Å²) in [4.78, 5) is 14.5. The van der Waals surface area contributed by atoms with Crippen LogP contribution in [0.2, 0.25) is 0 Å². The number of benzene rings is 1. The summed E-state index contributed by atoms with van der Waals surface area (Å²) in [7, 11) is 0. The Morgan fingerprint density at radius 3 is 2.63 bits per heavy atom. The number of nitrogens with two attached hydrogens (primary N) is 1. The number of pyridine rings is 1. The van der Waals surface area contributed by atoms with Gasteiger partial charge in [0.25, 0.3) is 0 Å². The molecule has 2 aromatic rings. The van der Waals surface area contributed by atoms with E-state index in [-0.39, 0.29) is 17.3 Å². The normalized spacial score (nSPS) is 10.2. The molecule has 6 heteroatoms. The monoisotopic (exact) mass is 259 g/mol. The average molecular weight is 259 g/mol. The van der Waals surface area contributed by atoms with Gasteiger partial charge >= 0.3 is 5.69 Å². The largest absolute Gasteiger partial charge is 0.430 e. The molecule has 0 spiro atoms. The number of ether oxygens (including phenoxy) is 1. The fourth-order valence-corrected chi connectivity index (χ4v) is 1.62. The van der Waals surface area contributed by atoms with Gasteiger partial charge in [0.05, 0.1) is 10.6 Å². The molecule has 0 aliphatic rings. The van der Waals surface area contributed by atoms with E-state index in [1.54, 1.807) is 24.4 Å². The van der Waals surface area contributed by atoms with E-state index in [2.05, 4.69) is 4.98 Å². The number of nitro benzene ring substituents is 1. The van der Waals surface area contributed by atoms with Gasteiger partial charge < -0.3 is 10.5 Å². The summed E-state index contributed by atoms with van der Waals surface area (Å²) in [6.45, 7) is 3.67. The summed E-state index contributed by atoms with van der Waals surface area (Å²) in [5.41, 5.74) is 7.75. The quantitative estimate of drug-likeness (QED) is 0.675. The highest BCUT2D eigenvalue weighted by molar-refractivity contribution is 5.55. The third kappa shape index (κ3) is 2.79. The summed E-state index contributed by atoms with van der Waals surface area (Å²) in [6.07, 6.45) is 1.59. The van der Waals surface area contributed by atoms with E-state index in [0.717, 1.165) is 11.1 Å². The second-order valence-electron chi connectivity index (χ2n) is 4.24. The summed E-state index contributed by atoms with van der Waals surface area (Å²) in [5, 5.41) is 10.9. The zero-order valence-corrected chi connectivity index (χ0v) is 10.6. The minimum Gasteiger partial charge on any atom is -0.430 e. The van der Waals surface area contributed by atoms with Gasteiger partial charge in [-0.3, -0.25) is 10.1 Å². The molecule has 0 amide bonds. The van der Waals surface area contributed by atoms with Crippen molar-refractivity contribution in [1.29, 1.82) is 0 Å². The Balaban J connectivity index is 2.42. The van der Waals surface area contributed by atoms with Gasteiger partial charge in [-0.05, 0) is 37.1 Å². The van der Waals surface area contributed by atoms with Crippen molar-refractivity contribution in [2.75, 3.05) is 5.73 Å². The van der Waals surface area contributed by atoms with Crippen LogP contribution in [0.25, 0.3) is 0 Å². The van der Waals surface area contributed by atoms with Crippen LogP contribution in [-0.4, -0.2) is 9.91 Å².